The molecule has 0 saturated heterocycles. The van der Waals surface area contributed by atoms with E-state index in [4.69, 9.17) is 9.47 Å². The van der Waals surface area contributed by atoms with Crippen molar-refractivity contribution < 1.29 is 14.3 Å². The van der Waals surface area contributed by atoms with E-state index >= 15 is 0 Å². The molecule has 0 unspecified atom stereocenters. The Morgan fingerprint density at radius 3 is 2.50 bits per heavy atom. The summed E-state index contributed by atoms with van der Waals surface area (Å²) in [4.78, 5) is 12.1. The van der Waals surface area contributed by atoms with Gasteiger partial charge in [0.15, 0.2) is 6.29 Å². The van der Waals surface area contributed by atoms with Crippen LogP contribution in [-0.2, 0) is 9.47 Å². The number of aromatic nitrogens is 2. The Kier molecular flexibility index (Phi) is 3.86. The number of nitrogens with one attached hydrogen (secondary N) is 1. The van der Waals surface area contributed by atoms with Crippen molar-refractivity contribution in [3.05, 3.63) is 53.3 Å². The van der Waals surface area contributed by atoms with Gasteiger partial charge >= 0.3 is 0 Å². The van der Waals surface area contributed by atoms with Gasteiger partial charge in [-0.3, -0.25) is 9.89 Å². The Morgan fingerprint density at radius 2 is 1.89 bits per heavy atom. The predicted octanol–water partition coefficient (Wildman–Crippen LogP) is 1.93. The molecule has 5 heteroatoms. The summed E-state index contributed by atoms with van der Waals surface area (Å²) in [6.45, 7) is 0. The van der Waals surface area contributed by atoms with Crippen LogP contribution >= 0.6 is 0 Å². The molecular formula is C13H14N2O3. The summed E-state index contributed by atoms with van der Waals surface area (Å²) in [6.07, 6.45) is -0.546. The predicted molar refractivity (Wildman–Crippen MR) is 65.2 cm³/mol. The van der Waals surface area contributed by atoms with Crippen LogP contribution in [0.3, 0.4) is 0 Å². The highest BCUT2D eigenvalue weighted by atomic mass is 16.7. The fourth-order valence-electron chi connectivity index (χ4n) is 1.66. The molecule has 0 aliphatic rings. The lowest BCUT2D eigenvalue weighted by Gasteiger charge is -2.09. The van der Waals surface area contributed by atoms with Gasteiger partial charge in [-0.05, 0) is 6.07 Å². The molecule has 1 heterocycles. The summed E-state index contributed by atoms with van der Waals surface area (Å²) in [7, 11) is 3.04. The first-order valence-corrected chi connectivity index (χ1v) is 5.47. The number of ketones is 1. The molecule has 0 fully saturated rings. The lowest BCUT2D eigenvalue weighted by atomic mass is 10.1. The third-order valence-corrected chi connectivity index (χ3v) is 2.55. The molecule has 2 aromatic rings. The molecule has 5 nitrogen and oxygen atoms in total. The molecule has 0 spiro atoms. The van der Waals surface area contributed by atoms with E-state index in [1.54, 1.807) is 18.2 Å². The highest BCUT2D eigenvalue weighted by Crippen LogP contribution is 2.17. The summed E-state index contributed by atoms with van der Waals surface area (Å²) < 4.78 is 10.2. The van der Waals surface area contributed by atoms with E-state index in [1.165, 1.54) is 14.2 Å². The van der Waals surface area contributed by atoms with Crippen molar-refractivity contribution in [2.45, 2.75) is 6.29 Å². The highest BCUT2D eigenvalue weighted by Gasteiger charge is 2.17. The second-order valence-corrected chi connectivity index (χ2v) is 3.71. The minimum atomic E-state index is -0.546. The van der Waals surface area contributed by atoms with Gasteiger partial charge in [0.1, 0.15) is 5.69 Å². The summed E-state index contributed by atoms with van der Waals surface area (Å²) in [5.74, 6) is -0.135. The number of aromatic amines is 1. The van der Waals surface area contributed by atoms with Crippen LogP contribution in [0.2, 0.25) is 0 Å². The van der Waals surface area contributed by atoms with E-state index in [0.717, 1.165) is 0 Å². The Balaban J connectivity index is 2.23. The van der Waals surface area contributed by atoms with E-state index < -0.39 is 6.29 Å². The van der Waals surface area contributed by atoms with E-state index in [2.05, 4.69) is 10.2 Å². The van der Waals surface area contributed by atoms with Crippen molar-refractivity contribution in [3.63, 3.8) is 0 Å². The average Bonchev–Trinajstić information content (AvgIpc) is 2.90. The Morgan fingerprint density at radius 1 is 1.22 bits per heavy atom. The molecule has 0 bridgehead atoms. The molecular weight excluding hydrogens is 232 g/mol. The van der Waals surface area contributed by atoms with Crippen LogP contribution in [0.5, 0.6) is 0 Å². The van der Waals surface area contributed by atoms with Gasteiger partial charge in [0.05, 0.1) is 5.69 Å². The smallest absolute Gasteiger partial charge is 0.213 e. The molecule has 94 valence electrons. The molecule has 1 aromatic heterocycles. The number of ether oxygens (including phenoxy) is 2. The van der Waals surface area contributed by atoms with Gasteiger partial charge in [-0.25, -0.2) is 0 Å². The molecule has 2 rings (SSSR count). The third kappa shape index (κ3) is 2.47. The van der Waals surface area contributed by atoms with Crippen LogP contribution in [0.15, 0.2) is 36.4 Å². The van der Waals surface area contributed by atoms with Gasteiger partial charge in [-0.15, -0.1) is 0 Å². The van der Waals surface area contributed by atoms with Gasteiger partial charge in [-0.2, -0.15) is 5.10 Å². The SMILES string of the molecule is COC(OC)c1cc(C(=O)c2ccccc2)n[nH]1. The molecule has 0 amide bonds. The normalized spacial score (nSPS) is 10.8. The molecule has 0 aliphatic heterocycles. The molecule has 1 aromatic carbocycles. The monoisotopic (exact) mass is 246 g/mol. The van der Waals surface area contributed by atoms with Gasteiger partial charge in [0, 0.05) is 19.8 Å². The van der Waals surface area contributed by atoms with Crippen molar-refractivity contribution in [1.82, 2.24) is 10.2 Å². The van der Waals surface area contributed by atoms with Crippen LogP contribution in [0.1, 0.15) is 28.0 Å². The quantitative estimate of drug-likeness (QED) is 0.646. The van der Waals surface area contributed by atoms with Crippen molar-refractivity contribution in [3.8, 4) is 0 Å². The maximum Gasteiger partial charge on any atom is 0.213 e. The average molecular weight is 246 g/mol. The van der Waals surface area contributed by atoms with Crippen LogP contribution in [0.4, 0.5) is 0 Å². The second kappa shape index (κ2) is 5.57. The van der Waals surface area contributed by atoms with E-state index in [9.17, 15) is 4.79 Å². The number of carbonyl (C=O) groups is 1. The first-order valence-electron chi connectivity index (χ1n) is 5.47. The molecule has 0 aliphatic carbocycles. The van der Waals surface area contributed by atoms with Crippen LogP contribution in [0, 0.1) is 0 Å². The van der Waals surface area contributed by atoms with Crippen LogP contribution in [0.25, 0.3) is 0 Å². The number of hydrogen-bond donors (Lipinski definition) is 1. The van der Waals surface area contributed by atoms with Crippen molar-refractivity contribution in [2.24, 2.45) is 0 Å². The summed E-state index contributed by atoms with van der Waals surface area (Å²) in [5.41, 5.74) is 1.55. The minimum absolute atomic E-state index is 0.135. The fourth-order valence-corrected chi connectivity index (χ4v) is 1.66. The van der Waals surface area contributed by atoms with Gasteiger partial charge in [0.2, 0.25) is 5.78 Å². The lowest BCUT2D eigenvalue weighted by molar-refractivity contribution is -0.108. The molecule has 1 N–H and O–H groups in total. The van der Waals surface area contributed by atoms with E-state index in [-0.39, 0.29) is 5.78 Å². The van der Waals surface area contributed by atoms with Crippen molar-refractivity contribution in [2.75, 3.05) is 14.2 Å². The molecule has 0 atom stereocenters. The summed E-state index contributed by atoms with van der Waals surface area (Å²) in [5, 5.41) is 6.71. The zero-order valence-corrected chi connectivity index (χ0v) is 10.2. The molecule has 0 saturated carbocycles. The summed E-state index contributed by atoms with van der Waals surface area (Å²) >= 11 is 0. The first kappa shape index (κ1) is 12.5. The topological polar surface area (TPSA) is 64.2 Å². The fraction of sp³-hybridized carbons (Fsp3) is 0.231. The second-order valence-electron chi connectivity index (χ2n) is 3.71. The number of nitrogens with zero attached hydrogens (tertiary/aromatic N) is 1. The zero-order chi connectivity index (χ0) is 13.0. The Labute approximate surface area is 105 Å². The molecule has 0 radical (unpaired) electrons. The van der Waals surface area contributed by atoms with Crippen LogP contribution in [-0.4, -0.2) is 30.2 Å². The van der Waals surface area contributed by atoms with Gasteiger partial charge < -0.3 is 9.47 Å². The lowest BCUT2D eigenvalue weighted by Crippen LogP contribution is -2.03. The largest absolute Gasteiger partial charge is 0.350 e. The van der Waals surface area contributed by atoms with Gasteiger partial charge in [0.25, 0.3) is 0 Å². The maximum atomic E-state index is 12.1. The van der Waals surface area contributed by atoms with E-state index in [1.807, 2.05) is 18.2 Å². The maximum absolute atomic E-state index is 12.1. The first-order chi connectivity index (χ1) is 8.76. The Bertz CT molecular complexity index is 518. The van der Waals surface area contributed by atoms with Gasteiger partial charge in [-0.1, -0.05) is 30.3 Å². The number of benzene rings is 1. The third-order valence-electron chi connectivity index (χ3n) is 2.55. The van der Waals surface area contributed by atoms with Crippen molar-refractivity contribution in [1.29, 1.82) is 0 Å². The van der Waals surface area contributed by atoms with Crippen LogP contribution < -0.4 is 0 Å². The highest BCUT2D eigenvalue weighted by molar-refractivity contribution is 6.07. The van der Waals surface area contributed by atoms with E-state index in [0.29, 0.717) is 17.0 Å². The Hall–Kier alpha value is -1.98. The number of hydrogen-bond acceptors (Lipinski definition) is 4. The zero-order valence-electron chi connectivity index (χ0n) is 10.2. The number of rotatable bonds is 5. The number of methoxy groups -OCH3 is 2. The standard InChI is InChI=1S/C13H14N2O3/c1-17-13(18-2)11-8-10(14-15-11)12(16)9-6-4-3-5-7-9/h3-8,13H,1-2H3,(H,14,15). The minimum Gasteiger partial charge on any atom is -0.350 e. The summed E-state index contributed by atoms with van der Waals surface area (Å²) in [6, 6.07) is 10.6. The number of carbonyl (C=O) groups excluding carboxylic acids is 1. The van der Waals surface area contributed by atoms with Crippen molar-refractivity contribution >= 4 is 5.78 Å². The molecule has 18 heavy (non-hydrogen) atoms. The number of H-pyrrole nitrogens is 1.